The van der Waals surface area contributed by atoms with Crippen LogP contribution in [0.4, 0.5) is 0 Å². The van der Waals surface area contributed by atoms with Crippen LogP contribution in [0.25, 0.3) is 0 Å². The smallest absolute Gasteiger partial charge is 0.262 e. The van der Waals surface area contributed by atoms with E-state index in [1.807, 2.05) is 13.8 Å². The molecule has 1 rings (SSSR count). The highest BCUT2D eigenvalue weighted by Gasteiger charge is 2.13. The number of allylic oxidation sites excluding steroid dienone is 1. The van der Waals surface area contributed by atoms with E-state index >= 15 is 0 Å². The molecule has 4 heteroatoms. The zero-order valence-corrected chi connectivity index (χ0v) is 9.62. The highest BCUT2D eigenvalue weighted by atomic mass is 32.2. The van der Waals surface area contributed by atoms with Crippen molar-refractivity contribution in [2.75, 3.05) is 6.61 Å². The van der Waals surface area contributed by atoms with Gasteiger partial charge in [-0.1, -0.05) is 29.8 Å². The van der Waals surface area contributed by atoms with Crippen LogP contribution in [-0.4, -0.2) is 15.0 Å². The van der Waals surface area contributed by atoms with Gasteiger partial charge in [-0.05, 0) is 26.0 Å². The molecule has 1 aromatic rings. The van der Waals surface area contributed by atoms with Crippen LogP contribution in [0.15, 0.2) is 41.3 Å². The first-order chi connectivity index (χ1) is 7.06. The van der Waals surface area contributed by atoms with Gasteiger partial charge in [0.1, 0.15) is 0 Å². The summed E-state index contributed by atoms with van der Waals surface area (Å²) < 4.78 is 27.9. The van der Waals surface area contributed by atoms with Crippen LogP contribution < -0.4 is 0 Å². The lowest BCUT2D eigenvalue weighted by Gasteiger charge is -2.03. The van der Waals surface area contributed by atoms with Crippen LogP contribution >= 0.6 is 0 Å². The fraction of sp³-hybridized carbons (Fsp3) is 0.273. The highest BCUT2D eigenvalue weighted by molar-refractivity contribution is 7.86. The van der Waals surface area contributed by atoms with Gasteiger partial charge < -0.3 is 0 Å². The molecule has 0 unspecified atom stereocenters. The molecule has 0 amide bonds. The molecule has 15 heavy (non-hydrogen) atoms. The van der Waals surface area contributed by atoms with Crippen molar-refractivity contribution in [3.63, 3.8) is 0 Å². The summed E-state index contributed by atoms with van der Waals surface area (Å²) in [4.78, 5) is 0.192. The van der Waals surface area contributed by atoms with E-state index in [0.29, 0.717) is 0 Å². The summed E-state index contributed by atoms with van der Waals surface area (Å²) in [6.45, 7) is 3.78. The first-order valence-corrected chi connectivity index (χ1v) is 6.04. The van der Waals surface area contributed by atoms with Gasteiger partial charge in [-0.15, -0.1) is 0 Å². The highest BCUT2D eigenvalue weighted by Crippen LogP contribution is 2.12. The second kappa shape index (κ2) is 5.09. The molecule has 3 nitrogen and oxygen atoms in total. The van der Waals surface area contributed by atoms with E-state index in [9.17, 15) is 8.42 Å². The van der Waals surface area contributed by atoms with Crippen molar-refractivity contribution in [1.29, 1.82) is 0 Å². The Balaban J connectivity index is 2.82. The second-order valence-corrected chi connectivity index (χ2v) is 4.74. The summed E-state index contributed by atoms with van der Waals surface area (Å²) in [6.07, 6.45) is 3.39. The van der Waals surface area contributed by atoms with Crippen molar-refractivity contribution >= 4 is 10.1 Å². The standard InChI is InChI=1S/C11H14O3S/c1-3-4-9-14-15(12,13)11-7-5-10(2)6-8-11/h3-8H,9H2,1-2H3. The minimum atomic E-state index is -3.60. The van der Waals surface area contributed by atoms with Crippen LogP contribution in [-0.2, 0) is 14.3 Å². The van der Waals surface area contributed by atoms with Gasteiger partial charge in [-0.2, -0.15) is 8.42 Å². The molecule has 0 spiro atoms. The van der Waals surface area contributed by atoms with Crippen molar-refractivity contribution < 1.29 is 12.6 Å². The summed E-state index contributed by atoms with van der Waals surface area (Å²) in [6, 6.07) is 6.57. The van der Waals surface area contributed by atoms with Crippen LogP contribution in [0, 0.1) is 6.92 Å². The van der Waals surface area contributed by atoms with Gasteiger partial charge in [0.25, 0.3) is 10.1 Å². The molecule has 0 fully saturated rings. The van der Waals surface area contributed by atoms with Gasteiger partial charge in [0.2, 0.25) is 0 Å². The molecule has 0 aromatic heterocycles. The number of benzene rings is 1. The first-order valence-electron chi connectivity index (χ1n) is 4.63. The molecule has 0 heterocycles. The summed E-state index contributed by atoms with van der Waals surface area (Å²) in [5.74, 6) is 0. The summed E-state index contributed by atoms with van der Waals surface area (Å²) in [7, 11) is -3.60. The topological polar surface area (TPSA) is 43.4 Å². The maximum atomic E-state index is 11.6. The Morgan fingerprint density at radius 1 is 1.27 bits per heavy atom. The number of hydrogen-bond acceptors (Lipinski definition) is 3. The predicted octanol–water partition coefficient (Wildman–Crippen LogP) is 2.28. The van der Waals surface area contributed by atoms with E-state index in [4.69, 9.17) is 4.18 Å². The largest absolute Gasteiger partial charge is 0.297 e. The molecule has 0 radical (unpaired) electrons. The van der Waals surface area contributed by atoms with Crippen molar-refractivity contribution in [3.05, 3.63) is 42.0 Å². The van der Waals surface area contributed by atoms with E-state index < -0.39 is 10.1 Å². The monoisotopic (exact) mass is 226 g/mol. The molecule has 0 aliphatic rings. The SMILES string of the molecule is CC=CCOS(=O)(=O)c1ccc(C)cc1. The van der Waals surface area contributed by atoms with Gasteiger partial charge in [0, 0.05) is 0 Å². The number of aryl methyl sites for hydroxylation is 1. The van der Waals surface area contributed by atoms with Crippen molar-refractivity contribution in [2.24, 2.45) is 0 Å². The molecule has 0 saturated heterocycles. The summed E-state index contributed by atoms with van der Waals surface area (Å²) >= 11 is 0. The van der Waals surface area contributed by atoms with Crippen LogP contribution in [0.3, 0.4) is 0 Å². The fourth-order valence-corrected chi connectivity index (χ4v) is 1.86. The third-order valence-corrected chi connectivity index (χ3v) is 3.16. The molecule has 0 atom stereocenters. The van der Waals surface area contributed by atoms with Gasteiger partial charge in [0.15, 0.2) is 0 Å². The molecule has 0 aliphatic carbocycles. The van der Waals surface area contributed by atoms with E-state index in [1.54, 1.807) is 36.4 Å². The lowest BCUT2D eigenvalue weighted by atomic mass is 10.2. The van der Waals surface area contributed by atoms with Crippen molar-refractivity contribution in [1.82, 2.24) is 0 Å². The molecule has 82 valence electrons. The van der Waals surface area contributed by atoms with E-state index in [1.165, 1.54) is 0 Å². The molecule has 0 saturated carbocycles. The van der Waals surface area contributed by atoms with Gasteiger partial charge in [-0.3, -0.25) is 4.18 Å². The molecular weight excluding hydrogens is 212 g/mol. The Labute approximate surface area is 90.5 Å². The van der Waals surface area contributed by atoms with Gasteiger partial charge in [-0.25, -0.2) is 0 Å². The quantitative estimate of drug-likeness (QED) is 0.584. The zero-order valence-electron chi connectivity index (χ0n) is 8.80. The maximum Gasteiger partial charge on any atom is 0.297 e. The Morgan fingerprint density at radius 3 is 2.40 bits per heavy atom. The normalized spacial score (nSPS) is 12.1. The molecule has 0 N–H and O–H groups in total. The van der Waals surface area contributed by atoms with Gasteiger partial charge in [0.05, 0.1) is 11.5 Å². The number of hydrogen-bond donors (Lipinski definition) is 0. The van der Waals surface area contributed by atoms with E-state index in [0.717, 1.165) is 5.56 Å². The molecule has 0 bridgehead atoms. The average molecular weight is 226 g/mol. The van der Waals surface area contributed by atoms with Crippen molar-refractivity contribution in [3.8, 4) is 0 Å². The maximum absolute atomic E-state index is 11.6. The lowest BCUT2D eigenvalue weighted by molar-refractivity contribution is 0.357. The minimum Gasteiger partial charge on any atom is -0.262 e. The fourth-order valence-electron chi connectivity index (χ4n) is 0.998. The third-order valence-electron chi connectivity index (χ3n) is 1.86. The van der Waals surface area contributed by atoms with E-state index in [-0.39, 0.29) is 11.5 Å². The molecular formula is C11H14O3S. The number of rotatable bonds is 4. The van der Waals surface area contributed by atoms with Gasteiger partial charge >= 0.3 is 0 Å². The zero-order chi connectivity index (χ0) is 11.3. The van der Waals surface area contributed by atoms with Crippen molar-refractivity contribution in [2.45, 2.75) is 18.7 Å². The molecule has 0 aliphatic heterocycles. The summed E-state index contributed by atoms with van der Waals surface area (Å²) in [5.41, 5.74) is 1.02. The average Bonchev–Trinajstić information content (AvgIpc) is 2.18. The third kappa shape index (κ3) is 3.49. The Hall–Kier alpha value is -1.13. The lowest BCUT2D eigenvalue weighted by Crippen LogP contribution is -2.06. The molecule has 1 aromatic carbocycles. The second-order valence-electron chi connectivity index (χ2n) is 3.12. The predicted molar refractivity (Wildman–Crippen MR) is 59.1 cm³/mol. The Bertz CT molecular complexity index is 429. The summed E-state index contributed by atoms with van der Waals surface area (Å²) in [5, 5.41) is 0. The van der Waals surface area contributed by atoms with Crippen LogP contribution in [0.2, 0.25) is 0 Å². The minimum absolute atomic E-state index is 0.0761. The van der Waals surface area contributed by atoms with Crippen LogP contribution in [0.5, 0.6) is 0 Å². The first kappa shape index (κ1) is 11.9. The van der Waals surface area contributed by atoms with Crippen LogP contribution in [0.1, 0.15) is 12.5 Å². The van der Waals surface area contributed by atoms with E-state index in [2.05, 4.69) is 0 Å². The Kier molecular flexibility index (Phi) is 4.05. The Morgan fingerprint density at radius 2 is 1.87 bits per heavy atom.